The molecule has 0 fully saturated rings. The van der Waals surface area contributed by atoms with E-state index in [1.807, 2.05) is 0 Å². The van der Waals surface area contributed by atoms with Gasteiger partial charge in [-0.15, -0.1) is 11.8 Å². The van der Waals surface area contributed by atoms with Crippen LogP contribution in [0.25, 0.3) is 0 Å². The Bertz CT molecular complexity index is 122. The summed E-state index contributed by atoms with van der Waals surface area (Å²) >= 11 is 3.40. The molecule has 0 heterocycles. The first kappa shape index (κ1) is 12.2. The minimum absolute atomic E-state index is 0.271. The molecule has 0 amide bonds. The van der Waals surface area contributed by atoms with Crippen molar-refractivity contribution in [2.75, 3.05) is 23.9 Å². The monoisotopic (exact) mass is 208 g/mol. The van der Waals surface area contributed by atoms with E-state index in [0.717, 1.165) is 23.7 Å². The molecule has 0 radical (unpaired) electrons. The van der Waals surface area contributed by atoms with Crippen LogP contribution in [0.15, 0.2) is 11.2 Å². The maximum absolute atomic E-state index is 8.80. The van der Waals surface area contributed by atoms with Crippen LogP contribution in [-0.4, -0.2) is 34.1 Å². The third-order valence-corrected chi connectivity index (χ3v) is 3.12. The van der Waals surface area contributed by atoms with E-state index in [2.05, 4.69) is 0 Å². The summed E-state index contributed by atoms with van der Waals surface area (Å²) in [6.45, 7) is 1.95. The Balaban J connectivity index is 2.96. The van der Waals surface area contributed by atoms with E-state index in [0.29, 0.717) is 5.76 Å². The van der Waals surface area contributed by atoms with E-state index in [4.69, 9.17) is 10.2 Å². The Morgan fingerprint density at radius 1 is 1.33 bits per heavy atom. The van der Waals surface area contributed by atoms with Gasteiger partial charge >= 0.3 is 0 Å². The lowest BCUT2D eigenvalue weighted by atomic mass is 10.6. The molecule has 0 bridgehead atoms. The predicted octanol–water partition coefficient (Wildman–Crippen LogP) is 2.25. The number of aliphatic hydroxyl groups is 2. The predicted molar refractivity (Wildman–Crippen MR) is 57.9 cm³/mol. The van der Waals surface area contributed by atoms with Crippen molar-refractivity contribution >= 4 is 23.5 Å². The Kier molecular flexibility index (Phi) is 9.44. The molecule has 0 unspecified atom stereocenters. The Morgan fingerprint density at radius 2 is 2.08 bits per heavy atom. The lowest BCUT2D eigenvalue weighted by molar-refractivity contribution is 0.322. The van der Waals surface area contributed by atoms with Gasteiger partial charge in [-0.3, -0.25) is 0 Å². The summed E-state index contributed by atoms with van der Waals surface area (Å²) in [5.74, 6) is 3.34. The minimum Gasteiger partial charge on any atom is -0.512 e. The highest BCUT2D eigenvalue weighted by Crippen LogP contribution is 2.09. The quantitative estimate of drug-likeness (QED) is 0.497. The Morgan fingerprint density at radius 3 is 2.67 bits per heavy atom. The third kappa shape index (κ3) is 10.2. The molecule has 0 aliphatic heterocycles. The van der Waals surface area contributed by atoms with Crippen molar-refractivity contribution in [1.82, 2.24) is 0 Å². The largest absolute Gasteiger partial charge is 0.512 e. The lowest BCUT2D eigenvalue weighted by Gasteiger charge is -1.97. The summed E-state index contributed by atoms with van der Waals surface area (Å²) < 4.78 is 0. The summed E-state index contributed by atoms with van der Waals surface area (Å²) in [6.07, 6.45) is 1.12. The fraction of sp³-hybridized carbons (Fsp3) is 0.750. The van der Waals surface area contributed by atoms with Crippen LogP contribution in [-0.2, 0) is 0 Å². The van der Waals surface area contributed by atoms with Gasteiger partial charge in [0.15, 0.2) is 0 Å². The number of rotatable bonds is 7. The van der Waals surface area contributed by atoms with E-state index in [1.165, 1.54) is 0 Å². The first-order chi connectivity index (χ1) is 5.77. The van der Waals surface area contributed by atoms with Crippen LogP contribution in [0.5, 0.6) is 0 Å². The highest BCUT2D eigenvalue weighted by Gasteiger charge is 1.89. The molecule has 12 heavy (non-hydrogen) atoms. The summed E-state index contributed by atoms with van der Waals surface area (Å²) in [5.41, 5.74) is 0. The maximum atomic E-state index is 8.80. The number of allylic oxidation sites excluding steroid dienone is 1. The number of aliphatic hydroxyl groups excluding tert-OH is 2. The van der Waals surface area contributed by atoms with Crippen LogP contribution < -0.4 is 0 Å². The molecule has 2 N–H and O–H groups in total. The van der Waals surface area contributed by atoms with Gasteiger partial charge in [0.25, 0.3) is 0 Å². The second kappa shape index (κ2) is 9.29. The third-order valence-electron chi connectivity index (χ3n) is 1.04. The van der Waals surface area contributed by atoms with Gasteiger partial charge in [0.2, 0.25) is 0 Å². The van der Waals surface area contributed by atoms with Crippen LogP contribution >= 0.6 is 23.5 Å². The molecule has 0 rings (SSSR count). The molecular formula is C8H16O2S2. The SMILES string of the molecule is CC(O)=CSCCCSCCO. The highest BCUT2D eigenvalue weighted by atomic mass is 32.2. The van der Waals surface area contributed by atoms with Crippen LogP contribution in [0.4, 0.5) is 0 Å². The van der Waals surface area contributed by atoms with Gasteiger partial charge in [0.1, 0.15) is 0 Å². The van der Waals surface area contributed by atoms with Gasteiger partial charge in [0, 0.05) is 11.2 Å². The van der Waals surface area contributed by atoms with Crippen molar-refractivity contribution in [2.45, 2.75) is 13.3 Å². The Hall–Kier alpha value is 0.200. The first-order valence-corrected chi connectivity index (χ1v) is 6.13. The smallest absolute Gasteiger partial charge is 0.0954 e. The summed E-state index contributed by atoms with van der Waals surface area (Å²) in [6, 6.07) is 0. The molecule has 0 aliphatic rings. The minimum atomic E-state index is 0.271. The fourth-order valence-electron chi connectivity index (χ4n) is 0.590. The van der Waals surface area contributed by atoms with Crippen molar-refractivity contribution in [1.29, 1.82) is 0 Å². The zero-order chi connectivity index (χ0) is 9.23. The van der Waals surface area contributed by atoms with Gasteiger partial charge in [-0.2, -0.15) is 11.8 Å². The van der Waals surface area contributed by atoms with Crippen LogP contribution in [0.2, 0.25) is 0 Å². The van der Waals surface area contributed by atoms with Gasteiger partial charge < -0.3 is 10.2 Å². The van der Waals surface area contributed by atoms with Gasteiger partial charge in [-0.05, 0) is 24.9 Å². The standard InChI is InChI=1S/C8H16O2S2/c1-8(10)7-12-5-2-4-11-6-3-9/h7,9-10H,2-6H2,1H3. The molecule has 0 aliphatic carbocycles. The van der Waals surface area contributed by atoms with Crippen molar-refractivity contribution < 1.29 is 10.2 Å². The van der Waals surface area contributed by atoms with Crippen molar-refractivity contribution in [3.8, 4) is 0 Å². The number of thioether (sulfide) groups is 2. The number of hydrogen-bond acceptors (Lipinski definition) is 4. The fourth-order valence-corrected chi connectivity index (χ4v) is 2.12. The molecule has 0 spiro atoms. The first-order valence-electron chi connectivity index (χ1n) is 3.93. The molecule has 72 valence electrons. The molecule has 4 heteroatoms. The summed E-state index contributed by atoms with van der Waals surface area (Å²) in [7, 11) is 0. The lowest BCUT2D eigenvalue weighted by Crippen LogP contribution is -1.89. The van der Waals surface area contributed by atoms with E-state index in [9.17, 15) is 0 Å². The normalized spacial score (nSPS) is 12.0. The van der Waals surface area contributed by atoms with Crippen LogP contribution in [0, 0.1) is 0 Å². The zero-order valence-electron chi connectivity index (χ0n) is 7.32. The second-order valence-corrected chi connectivity index (χ2v) is 4.52. The molecule has 0 aromatic carbocycles. The van der Waals surface area contributed by atoms with E-state index in [1.54, 1.807) is 35.9 Å². The molecule has 0 aromatic rings. The average Bonchev–Trinajstić information content (AvgIpc) is 2.02. The molecular weight excluding hydrogens is 192 g/mol. The van der Waals surface area contributed by atoms with Crippen LogP contribution in [0.3, 0.4) is 0 Å². The maximum Gasteiger partial charge on any atom is 0.0954 e. The highest BCUT2D eigenvalue weighted by molar-refractivity contribution is 8.02. The average molecular weight is 208 g/mol. The summed E-state index contributed by atoms with van der Waals surface area (Å²) in [5, 5.41) is 19.0. The van der Waals surface area contributed by atoms with Gasteiger partial charge in [-0.1, -0.05) is 0 Å². The van der Waals surface area contributed by atoms with E-state index < -0.39 is 0 Å². The van der Waals surface area contributed by atoms with Crippen molar-refractivity contribution in [2.24, 2.45) is 0 Å². The van der Waals surface area contributed by atoms with E-state index >= 15 is 0 Å². The molecule has 2 nitrogen and oxygen atoms in total. The van der Waals surface area contributed by atoms with Gasteiger partial charge in [-0.25, -0.2) is 0 Å². The Labute approximate surface area is 82.4 Å². The molecule has 0 saturated carbocycles. The molecule has 0 aromatic heterocycles. The van der Waals surface area contributed by atoms with Crippen molar-refractivity contribution in [3.05, 3.63) is 11.2 Å². The number of hydrogen-bond donors (Lipinski definition) is 2. The van der Waals surface area contributed by atoms with Gasteiger partial charge in [0.05, 0.1) is 12.4 Å². The molecule has 0 saturated heterocycles. The van der Waals surface area contributed by atoms with Crippen molar-refractivity contribution in [3.63, 3.8) is 0 Å². The summed E-state index contributed by atoms with van der Waals surface area (Å²) in [4.78, 5) is 0. The topological polar surface area (TPSA) is 40.5 Å². The second-order valence-electron chi connectivity index (χ2n) is 2.32. The van der Waals surface area contributed by atoms with E-state index in [-0.39, 0.29) is 6.61 Å². The van der Waals surface area contributed by atoms with Crippen LogP contribution in [0.1, 0.15) is 13.3 Å². The zero-order valence-corrected chi connectivity index (χ0v) is 8.96. The molecule has 0 atom stereocenters.